The monoisotopic (exact) mass is 1260 g/mol. The van der Waals surface area contributed by atoms with Gasteiger partial charge in [-0.1, -0.05) is 0 Å². The fourth-order valence-corrected chi connectivity index (χ4v) is 93.6. The van der Waals surface area contributed by atoms with E-state index in [1.807, 2.05) is 105 Å². The van der Waals surface area contributed by atoms with Crippen molar-refractivity contribution in [2.45, 2.75) is 223 Å². The molecule has 0 aliphatic heterocycles. The van der Waals surface area contributed by atoms with Crippen molar-refractivity contribution in [1.29, 1.82) is 0 Å². The first-order chi connectivity index (χ1) is 29.0. The van der Waals surface area contributed by atoms with Crippen molar-refractivity contribution in [2.75, 3.05) is 0 Å². The summed E-state index contributed by atoms with van der Waals surface area (Å²) in [7, 11) is -44.9. The molecule has 0 aliphatic carbocycles. The van der Waals surface area contributed by atoms with Gasteiger partial charge in [-0.2, -0.15) is 0 Å². The molecule has 17 nitrogen and oxygen atoms in total. The van der Waals surface area contributed by atoms with Gasteiger partial charge in [0.05, 0.1) is 0 Å². The van der Waals surface area contributed by atoms with E-state index in [2.05, 4.69) is 105 Å². The van der Waals surface area contributed by atoms with E-state index >= 15 is 0 Å². The number of hydrogen-bond donors (Lipinski definition) is 1. The van der Waals surface area contributed by atoms with Gasteiger partial charge in [0.1, 0.15) is 0 Å². The van der Waals surface area contributed by atoms with Gasteiger partial charge in [0, 0.05) is 0 Å². The largest absolute Gasteiger partial charge is 0.440 e. The lowest BCUT2D eigenvalue weighted by atomic mass is 11.9. The Morgan fingerprint density at radius 1 is 0.191 bits per heavy atom. The van der Waals surface area contributed by atoms with Gasteiger partial charge in [-0.15, -0.1) is 0 Å². The van der Waals surface area contributed by atoms with E-state index in [1.165, 1.54) is 0 Å². The summed E-state index contributed by atoms with van der Waals surface area (Å²) in [4.78, 5) is 10.4. The summed E-state index contributed by atoms with van der Waals surface area (Å²) < 4.78 is 107. The topological polar surface area (TPSA) is 168 Å². The van der Waals surface area contributed by atoms with Gasteiger partial charge < -0.3 is 70.6 Å². The van der Waals surface area contributed by atoms with Gasteiger partial charge in [-0.05, 0) is 223 Å². The molecule has 0 heterocycles. The van der Waals surface area contributed by atoms with E-state index in [1.54, 1.807) is 13.1 Å². The lowest BCUT2D eigenvalue weighted by Crippen LogP contribution is -2.63. The SMILES string of the molecule is C[SiH](C)O[Si](C)(C)O[Si](C)(C)O[Si](C)(C)O[Si](C)(C)O[Si](C)(C)O[Si](C)(C)O[Si](C)(C)O[Si](C)(C)O[Si](C)(C)O[Si](C)(C)O[Si](C)(C)O[Si](C)(C)O[Si](C)(C)O[Si](C)(C)O[Si](C)(C)O[Si](C)(C)O. The summed E-state index contributed by atoms with van der Waals surface area (Å²) in [6.07, 6.45) is 0. The molecule has 0 fully saturated rings. The molecule has 0 radical (unpaired) electrons. The molecule has 0 bridgehead atoms. The zero-order valence-corrected chi connectivity index (χ0v) is 66.7. The Balaban J connectivity index is 5.73. The van der Waals surface area contributed by atoms with Crippen LogP contribution in [0.2, 0.25) is 223 Å². The zero-order chi connectivity index (χ0) is 54.9. The molecule has 0 rings (SSSR count). The molecule has 0 saturated carbocycles. The zero-order valence-electron chi connectivity index (χ0n) is 49.6. The molecule has 0 aromatic carbocycles. The average molecular weight is 1260 g/mol. The van der Waals surface area contributed by atoms with Crippen LogP contribution in [0.15, 0.2) is 0 Å². The molecular weight excluding hydrogens is 1160 g/mol. The third kappa shape index (κ3) is 33.2. The minimum absolute atomic E-state index is 1.26. The van der Waals surface area contributed by atoms with Crippen LogP contribution in [-0.4, -0.2) is 151 Å². The molecule has 0 amide bonds. The van der Waals surface area contributed by atoms with E-state index in [-0.39, 0.29) is 0 Å². The smallest absolute Gasteiger partial charge is 0.320 e. The highest BCUT2D eigenvalue weighted by Gasteiger charge is 2.53. The third-order valence-electron chi connectivity index (χ3n) is 7.90. The highest BCUT2D eigenvalue weighted by molar-refractivity contribution is 6.95. The maximum Gasteiger partial charge on any atom is 0.320 e. The van der Waals surface area contributed by atoms with Crippen molar-refractivity contribution >= 4 is 146 Å². The van der Waals surface area contributed by atoms with Crippen LogP contribution in [0.3, 0.4) is 0 Å². The van der Waals surface area contributed by atoms with Gasteiger partial charge in [0.15, 0.2) is 9.04 Å². The molecule has 0 saturated heterocycles. The fourth-order valence-electron chi connectivity index (χ4n) is 9.77. The van der Waals surface area contributed by atoms with Gasteiger partial charge in [-0.3, -0.25) is 0 Å². The maximum absolute atomic E-state index is 10.4. The van der Waals surface area contributed by atoms with Crippen LogP contribution in [0.1, 0.15) is 0 Å². The number of hydrogen-bond acceptors (Lipinski definition) is 17. The highest BCUT2D eigenvalue weighted by Crippen LogP contribution is 2.33. The standard InChI is InChI=1S/C34H104O17Si17/c1-52(2)36-54(5,6)38-56(9,10)40-58(13,14)42-60(17,18)44-62(21,22)46-64(25,26)48-66(29,30)50-68(33,34)51-67(31,32)49-65(27,28)47-63(23,24)45-61(19,20)43-59(15,16)41-57(11,12)39-55(7,8)37-53(3,4)35/h35,52H,1-34H3. The molecule has 68 heavy (non-hydrogen) atoms. The Hall–Kier alpha value is 3.01. The minimum Gasteiger partial charge on any atom is -0.440 e. The highest BCUT2D eigenvalue weighted by atomic mass is 28.5. The predicted molar refractivity (Wildman–Crippen MR) is 318 cm³/mol. The van der Waals surface area contributed by atoms with E-state index in [4.69, 9.17) is 65.8 Å². The molecule has 0 aromatic rings. The van der Waals surface area contributed by atoms with Gasteiger partial charge in [0.2, 0.25) is 0 Å². The van der Waals surface area contributed by atoms with Gasteiger partial charge >= 0.3 is 137 Å². The molecule has 0 spiro atoms. The Morgan fingerprint density at radius 3 is 0.397 bits per heavy atom. The van der Waals surface area contributed by atoms with Crippen LogP contribution in [0, 0.1) is 0 Å². The summed E-state index contributed by atoms with van der Waals surface area (Å²) in [5.41, 5.74) is 0. The van der Waals surface area contributed by atoms with Gasteiger partial charge in [0.25, 0.3) is 0 Å². The second-order valence-electron chi connectivity index (χ2n) is 25.1. The molecule has 0 atom stereocenters. The van der Waals surface area contributed by atoms with E-state index in [0.717, 1.165) is 0 Å². The molecule has 34 heteroatoms. The van der Waals surface area contributed by atoms with Crippen molar-refractivity contribution in [2.24, 2.45) is 0 Å². The lowest BCUT2D eigenvalue weighted by molar-refractivity contribution is 0.250. The van der Waals surface area contributed by atoms with Gasteiger partial charge in [-0.25, -0.2) is 0 Å². The summed E-state index contributed by atoms with van der Waals surface area (Å²) >= 11 is 0. The van der Waals surface area contributed by atoms with Crippen LogP contribution < -0.4 is 0 Å². The maximum atomic E-state index is 10.4. The summed E-state index contributed by atoms with van der Waals surface area (Å²) in [5.74, 6) is 0. The van der Waals surface area contributed by atoms with E-state index < -0.39 is 146 Å². The Kier molecular flexibility index (Phi) is 25.0. The Bertz CT molecular complexity index is 1600. The van der Waals surface area contributed by atoms with Crippen molar-refractivity contribution in [3.05, 3.63) is 0 Å². The predicted octanol–water partition coefficient (Wildman–Crippen LogP) is 11.5. The van der Waals surface area contributed by atoms with Crippen molar-refractivity contribution in [3.8, 4) is 0 Å². The third-order valence-corrected chi connectivity index (χ3v) is 71.1. The molecule has 410 valence electrons. The van der Waals surface area contributed by atoms with Crippen LogP contribution in [0.5, 0.6) is 0 Å². The Labute approximate surface area is 436 Å². The second-order valence-corrected chi connectivity index (χ2v) is 85.3. The molecule has 1 N–H and O–H groups in total. The summed E-state index contributed by atoms with van der Waals surface area (Å²) in [6, 6.07) is 0. The Morgan fingerprint density at radius 2 is 0.294 bits per heavy atom. The van der Waals surface area contributed by atoms with E-state index in [9.17, 15) is 4.80 Å². The van der Waals surface area contributed by atoms with Crippen molar-refractivity contribution in [1.82, 2.24) is 0 Å². The first-order valence-electron chi connectivity index (χ1n) is 23.9. The molecule has 0 aliphatic rings. The first kappa shape index (κ1) is 71.0. The molecule has 0 aromatic heterocycles. The van der Waals surface area contributed by atoms with Crippen molar-refractivity contribution < 1.29 is 70.6 Å². The van der Waals surface area contributed by atoms with Crippen LogP contribution >= 0.6 is 0 Å². The fraction of sp³-hybridized carbons (Fsp3) is 1.00. The van der Waals surface area contributed by atoms with Crippen molar-refractivity contribution in [3.63, 3.8) is 0 Å². The summed E-state index contributed by atoms with van der Waals surface area (Å²) in [5, 5.41) is 0. The van der Waals surface area contributed by atoms with Crippen LogP contribution in [-0.2, 0) is 65.8 Å². The average Bonchev–Trinajstić information content (AvgIpc) is 2.79. The molecule has 0 unspecified atom stereocenters. The molecular formula is C34H104O17Si17. The normalized spacial score (nSPS) is 16.1. The summed E-state index contributed by atoms with van der Waals surface area (Å²) in [6.45, 7) is 69.1. The minimum atomic E-state index is -2.82. The quantitative estimate of drug-likeness (QED) is 0.0631. The van der Waals surface area contributed by atoms with Crippen LogP contribution in [0.4, 0.5) is 0 Å². The van der Waals surface area contributed by atoms with E-state index in [0.29, 0.717) is 0 Å². The lowest BCUT2D eigenvalue weighted by Gasteiger charge is -2.45. The second kappa shape index (κ2) is 23.9. The number of rotatable bonds is 32. The van der Waals surface area contributed by atoms with Crippen LogP contribution in [0.25, 0.3) is 0 Å². The first-order valence-corrected chi connectivity index (χ1v) is 71.8.